The van der Waals surface area contributed by atoms with Crippen molar-refractivity contribution in [2.45, 2.75) is 26.4 Å². The maximum absolute atomic E-state index is 12.7. The molecule has 1 unspecified atom stereocenters. The Hall–Kier alpha value is -4.48. The minimum atomic E-state index is -1.11. The van der Waals surface area contributed by atoms with Gasteiger partial charge >= 0.3 is 11.9 Å². The summed E-state index contributed by atoms with van der Waals surface area (Å²) in [6.07, 6.45) is -1.10. The molecule has 4 rings (SSSR count). The summed E-state index contributed by atoms with van der Waals surface area (Å²) in [4.78, 5) is 59.6. The molecule has 11 heteroatoms. The van der Waals surface area contributed by atoms with Crippen LogP contribution in [0.4, 0.5) is 0 Å². The third-order valence-electron chi connectivity index (χ3n) is 5.38. The predicted molar refractivity (Wildman–Crippen MR) is 133 cm³/mol. The maximum Gasteiger partial charge on any atom is 0.374 e. The van der Waals surface area contributed by atoms with Gasteiger partial charge in [0.1, 0.15) is 23.2 Å². The zero-order valence-electron chi connectivity index (χ0n) is 20.6. The summed E-state index contributed by atoms with van der Waals surface area (Å²) in [7, 11) is 0. The van der Waals surface area contributed by atoms with E-state index in [1.807, 2.05) is 0 Å². The molecule has 0 spiro atoms. The van der Waals surface area contributed by atoms with Gasteiger partial charge in [0.2, 0.25) is 11.5 Å². The lowest BCUT2D eigenvalue weighted by Gasteiger charge is -2.13. The van der Waals surface area contributed by atoms with Gasteiger partial charge in [-0.1, -0.05) is 18.2 Å². The van der Waals surface area contributed by atoms with Crippen LogP contribution < -0.4 is 15.7 Å². The number of carbonyl (C=O) groups excluding carboxylic acids is 2. The Kier molecular flexibility index (Phi) is 8.19. The number of esters is 2. The number of carbonyl (C=O) groups is 2. The fraction of sp³-hybridized carbons (Fsp3) is 0.259. The standard InChI is InChI=1S/C27H24O11/c1-3-33-26(31)22-12-17(29)24-15(7-5-8-19(24)36-22)11-16(28)14-35-38-21-10-6-9-20-25(21)18(30)13-23(37-20)27(32)34-4-2/h5-10,12-13,16,28H,3-4,11,14H2,1-2H3. The summed E-state index contributed by atoms with van der Waals surface area (Å²) in [6.45, 7) is 3.21. The van der Waals surface area contributed by atoms with E-state index < -0.39 is 28.9 Å². The highest BCUT2D eigenvalue weighted by molar-refractivity contribution is 5.91. The van der Waals surface area contributed by atoms with E-state index in [1.54, 1.807) is 26.0 Å². The molecule has 0 fully saturated rings. The van der Waals surface area contributed by atoms with Gasteiger partial charge in [-0.2, -0.15) is 4.89 Å². The number of rotatable bonds is 10. The number of ether oxygens (including phenoxy) is 2. The molecule has 0 aliphatic heterocycles. The van der Waals surface area contributed by atoms with Crippen molar-refractivity contribution in [2.24, 2.45) is 0 Å². The molecular formula is C27H24O11. The summed E-state index contributed by atoms with van der Waals surface area (Å²) in [5.74, 6) is -1.95. The Morgan fingerprint density at radius 2 is 1.39 bits per heavy atom. The third-order valence-corrected chi connectivity index (χ3v) is 5.38. The molecule has 4 aromatic rings. The Morgan fingerprint density at radius 1 is 0.842 bits per heavy atom. The number of aliphatic hydroxyl groups is 1. The van der Waals surface area contributed by atoms with Crippen LogP contribution in [-0.2, 0) is 20.8 Å². The second-order valence-corrected chi connectivity index (χ2v) is 8.04. The maximum atomic E-state index is 12.7. The molecule has 2 aromatic heterocycles. The first-order valence-corrected chi connectivity index (χ1v) is 11.8. The molecule has 0 amide bonds. The van der Waals surface area contributed by atoms with Crippen molar-refractivity contribution in [2.75, 3.05) is 19.8 Å². The van der Waals surface area contributed by atoms with E-state index in [9.17, 15) is 24.3 Å². The van der Waals surface area contributed by atoms with E-state index in [1.165, 1.54) is 24.3 Å². The quantitative estimate of drug-likeness (QED) is 0.185. The van der Waals surface area contributed by atoms with Gasteiger partial charge in [0.05, 0.1) is 24.7 Å². The van der Waals surface area contributed by atoms with Crippen molar-refractivity contribution in [1.82, 2.24) is 0 Å². The largest absolute Gasteiger partial charge is 0.460 e. The van der Waals surface area contributed by atoms with Gasteiger partial charge in [-0.25, -0.2) is 9.59 Å². The second-order valence-electron chi connectivity index (χ2n) is 8.04. The minimum absolute atomic E-state index is 0.00475. The van der Waals surface area contributed by atoms with Crippen LogP contribution in [0.5, 0.6) is 5.75 Å². The normalized spacial score (nSPS) is 11.9. The number of benzene rings is 2. The highest BCUT2D eigenvalue weighted by Crippen LogP contribution is 2.24. The average molecular weight is 524 g/mol. The molecule has 0 radical (unpaired) electrons. The molecule has 0 saturated heterocycles. The molecule has 11 nitrogen and oxygen atoms in total. The fourth-order valence-corrected chi connectivity index (χ4v) is 3.79. The molecule has 38 heavy (non-hydrogen) atoms. The van der Waals surface area contributed by atoms with Gasteiger partial charge in [0.15, 0.2) is 16.6 Å². The minimum Gasteiger partial charge on any atom is -0.460 e. The first-order valence-electron chi connectivity index (χ1n) is 11.8. The average Bonchev–Trinajstić information content (AvgIpc) is 2.88. The number of hydrogen-bond donors (Lipinski definition) is 1. The van der Waals surface area contributed by atoms with Gasteiger partial charge in [0, 0.05) is 18.6 Å². The predicted octanol–water partition coefficient (Wildman–Crippen LogP) is 3.17. The molecule has 2 aromatic carbocycles. The summed E-state index contributed by atoms with van der Waals surface area (Å²) >= 11 is 0. The molecule has 0 saturated carbocycles. The van der Waals surface area contributed by atoms with E-state index in [0.29, 0.717) is 5.56 Å². The van der Waals surface area contributed by atoms with Gasteiger partial charge in [-0.15, -0.1) is 0 Å². The first kappa shape index (κ1) is 26.6. The third kappa shape index (κ3) is 5.74. The van der Waals surface area contributed by atoms with Crippen LogP contribution >= 0.6 is 0 Å². The molecule has 0 bridgehead atoms. The van der Waals surface area contributed by atoms with E-state index in [-0.39, 0.29) is 65.4 Å². The zero-order valence-corrected chi connectivity index (χ0v) is 20.6. The highest BCUT2D eigenvalue weighted by Gasteiger charge is 2.19. The van der Waals surface area contributed by atoms with Gasteiger partial charge < -0.3 is 28.3 Å². The number of aliphatic hydroxyl groups excluding tert-OH is 1. The van der Waals surface area contributed by atoms with Crippen molar-refractivity contribution in [3.05, 3.63) is 86.1 Å². The van der Waals surface area contributed by atoms with E-state index in [2.05, 4.69) is 0 Å². The molecule has 198 valence electrons. The smallest absolute Gasteiger partial charge is 0.374 e. The lowest BCUT2D eigenvalue weighted by atomic mass is 10.0. The number of hydrogen-bond acceptors (Lipinski definition) is 11. The van der Waals surface area contributed by atoms with Crippen LogP contribution in [0.1, 0.15) is 40.5 Å². The van der Waals surface area contributed by atoms with Crippen molar-refractivity contribution in [3.8, 4) is 5.75 Å². The zero-order chi connectivity index (χ0) is 27.2. The molecule has 0 aliphatic rings. The Morgan fingerprint density at radius 3 is 2.00 bits per heavy atom. The molecular weight excluding hydrogens is 500 g/mol. The van der Waals surface area contributed by atoms with Gasteiger partial charge in [-0.05, 0) is 37.6 Å². The van der Waals surface area contributed by atoms with Crippen LogP contribution in [0.15, 0.2) is 67.0 Å². The summed E-state index contributed by atoms with van der Waals surface area (Å²) in [5, 5.41) is 10.8. The highest BCUT2D eigenvalue weighted by atomic mass is 17.2. The number of fused-ring (bicyclic) bond motifs is 2. The first-order chi connectivity index (χ1) is 18.3. The van der Waals surface area contributed by atoms with E-state index in [4.69, 9.17) is 28.1 Å². The Labute approximate surface area is 215 Å². The lowest BCUT2D eigenvalue weighted by molar-refractivity contribution is -0.222. The molecule has 2 heterocycles. The van der Waals surface area contributed by atoms with Crippen LogP contribution in [0.3, 0.4) is 0 Å². The van der Waals surface area contributed by atoms with Crippen LogP contribution in [0.25, 0.3) is 21.9 Å². The van der Waals surface area contributed by atoms with Crippen LogP contribution in [-0.4, -0.2) is 43.0 Å². The molecule has 0 aliphatic carbocycles. The van der Waals surface area contributed by atoms with Crippen molar-refractivity contribution in [1.29, 1.82) is 0 Å². The summed E-state index contributed by atoms with van der Waals surface area (Å²) in [6, 6.07) is 11.3. The SMILES string of the molecule is CCOC(=O)c1cc(=O)c2c(CC(O)COOc3cccc4oc(C(=O)OCC)cc(=O)c34)cccc2o1. The Balaban J connectivity index is 1.47. The second kappa shape index (κ2) is 11.7. The van der Waals surface area contributed by atoms with Crippen molar-refractivity contribution in [3.63, 3.8) is 0 Å². The van der Waals surface area contributed by atoms with Crippen molar-refractivity contribution < 1.29 is 42.8 Å². The molecule has 1 N–H and O–H groups in total. The van der Waals surface area contributed by atoms with Crippen molar-refractivity contribution >= 4 is 33.9 Å². The fourth-order valence-electron chi connectivity index (χ4n) is 3.79. The van der Waals surface area contributed by atoms with Crippen LogP contribution in [0, 0.1) is 0 Å². The molecule has 1 atom stereocenters. The summed E-state index contributed by atoms with van der Waals surface area (Å²) < 4.78 is 20.7. The van der Waals surface area contributed by atoms with E-state index in [0.717, 1.165) is 12.1 Å². The summed E-state index contributed by atoms with van der Waals surface area (Å²) in [5.41, 5.74) is -0.267. The van der Waals surface area contributed by atoms with Gasteiger partial charge in [-0.3, -0.25) is 9.59 Å². The van der Waals surface area contributed by atoms with Crippen LogP contribution in [0.2, 0.25) is 0 Å². The van der Waals surface area contributed by atoms with E-state index >= 15 is 0 Å². The lowest BCUT2D eigenvalue weighted by Crippen LogP contribution is -2.21. The monoisotopic (exact) mass is 524 g/mol. The van der Waals surface area contributed by atoms with Gasteiger partial charge in [0.25, 0.3) is 0 Å². The topological polar surface area (TPSA) is 152 Å². The Bertz CT molecular complexity index is 1600.